The van der Waals surface area contributed by atoms with Crippen molar-refractivity contribution in [2.75, 3.05) is 13.1 Å². The highest BCUT2D eigenvalue weighted by atomic mass is 35.5. The van der Waals surface area contributed by atoms with Crippen LogP contribution in [0, 0.1) is 5.92 Å². The van der Waals surface area contributed by atoms with Crippen LogP contribution in [-0.2, 0) is 27.9 Å². The molecule has 34 heavy (non-hydrogen) atoms. The van der Waals surface area contributed by atoms with E-state index < -0.39 is 10.0 Å². The number of hydrogen-bond acceptors (Lipinski definition) is 3. The SMILES string of the molecule is O=C(C1CCN(S(=O)(=O)c2cc(Cl)ccc2Cl)CC1)N(Cc1ccccc1)Cc1ccccc1. The molecular weight excluding hydrogens is 491 g/mol. The Balaban J connectivity index is 1.47. The quantitative estimate of drug-likeness (QED) is 0.409. The highest BCUT2D eigenvalue weighted by molar-refractivity contribution is 7.89. The van der Waals surface area contributed by atoms with E-state index in [-0.39, 0.29) is 34.8 Å². The van der Waals surface area contributed by atoms with Crippen LogP contribution in [0.5, 0.6) is 0 Å². The van der Waals surface area contributed by atoms with Gasteiger partial charge in [0.25, 0.3) is 0 Å². The van der Waals surface area contributed by atoms with Gasteiger partial charge in [0.05, 0.1) is 5.02 Å². The monoisotopic (exact) mass is 516 g/mol. The molecule has 0 unspecified atom stereocenters. The second-order valence-corrected chi connectivity index (χ2v) is 11.2. The maximum absolute atomic E-state index is 13.6. The lowest BCUT2D eigenvalue weighted by Crippen LogP contribution is -2.44. The molecule has 5 nitrogen and oxygen atoms in total. The molecule has 0 N–H and O–H groups in total. The maximum Gasteiger partial charge on any atom is 0.244 e. The van der Waals surface area contributed by atoms with Gasteiger partial charge in [-0.25, -0.2) is 8.42 Å². The van der Waals surface area contributed by atoms with Gasteiger partial charge in [-0.05, 0) is 42.2 Å². The van der Waals surface area contributed by atoms with Crippen LogP contribution < -0.4 is 0 Å². The van der Waals surface area contributed by atoms with Gasteiger partial charge in [0.2, 0.25) is 15.9 Å². The summed E-state index contributed by atoms with van der Waals surface area (Å²) in [7, 11) is -3.79. The average Bonchev–Trinajstić information content (AvgIpc) is 2.86. The average molecular weight is 517 g/mol. The van der Waals surface area contributed by atoms with Crippen molar-refractivity contribution in [1.29, 1.82) is 0 Å². The van der Waals surface area contributed by atoms with Crippen LogP contribution in [0.15, 0.2) is 83.8 Å². The molecule has 0 saturated carbocycles. The van der Waals surface area contributed by atoms with E-state index in [1.807, 2.05) is 65.6 Å². The Hall–Kier alpha value is -2.38. The maximum atomic E-state index is 13.6. The summed E-state index contributed by atoms with van der Waals surface area (Å²) in [6.45, 7) is 1.52. The lowest BCUT2D eigenvalue weighted by atomic mass is 9.96. The minimum absolute atomic E-state index is 0.00113. The minimum atomic E-state index is -3.79. The number of halogens is 2. The molecule has 1 fully saturated rings. The van der Waals surface area contributed by atoms with Gasteiger partial charge in [-0.15, -0.1) is 0 Å². The van der Waals surface area contributed by atoms with Crippen molar-refractivity contribution in [3.05, 3.63) is 100 Å². The lowest BCUT2D eigenvalue weighted by Gasteiger charge is -2.34. The molecule has 3 aromatic carbocycles. The molecule has 178 valence electrons. The van der Waals surface area contributed by atoms with Crippen LogP contribution >= 0.6 is 23.2 Å². The molecule has 1 aliphatic rings. The first-order valence-electron chi connectivity index (χ1n) is 11.2. The molecule has 0 bridgehead atoms. The first kappa shape index (κ1) is 24.7. The number of benzene rings is 3. The predicted molar refractivity (Wildman–Crippen MR) is 135 cm³/mol. The van der Waals surface area contributed by atoms with E-state index in [0.717, 1.165) is 11.1 Å². The van der Waals surface area contributed by atoms with Gasteiger partial charge in [0.15, 0.2) is 0 Å². The van der Waals surface area contributed by atoms with E-state index in [1.54, 1.807) is 6.07 Å². The summed E-state index contributed by atoms with van der Waals surface area (Å²) in [6.07, 6.45) is 0.909. The molecule has 0 radical (unpaired) electrons. The first-order chi connectivity index (χ1) is 16.3. The van der Waals surface area contributed by atoms with Gasteiger partial charge in [-0.1, -0.05) is 83.9 Å². The molecule has 1 saturated heterocycles. The lowest BCUT2D eigenvalue weighted by molar-refractivity contribution is -0.138. The van der Waals surface area contributed by atoms with Crippen molar-refractivity contribution in [1.82, 2.24) is 9.21 Å². The number of carbonyl (C=O) groups is 1. The summed E-state index contributed by atoms with van der Waals surface area (Å²) in [5.74, 6) is -0.195. The largest absolute Gasteiger partial charge is 0.334 e. The van der Waals surface area contributed by atoms with Crippen LogP contribution in [0.25, 0.3) is 0 Å². The van der Waals surface area contributed by atoms with Crippen LogP contribution in [0.4, 0.5) is 0 Å². The van der Waals surface area contributed by atoms with Gasteiger partial charge in [0.1, 0.15) is 4.90 Å². The third kappa shape index (κ3) is 5.81. The van der Waals surface area contributed by atoms with Gasteiger partial charge in [-0.3, -0.25) is 4.79 Å². The summed E-state index contributed by atoms with van der Waals surface area (Å²) >= 11 is 12.2. The molecule has 0 aliphatic carbocycles. The zero-order valence-electron chi connectivity index (χ0n) is 18.6. The Labute approximate surface area is 211 Å². The number of hydrogen-bond donors (Lipinski definition) is 0. The van der Waals surface area contributed by atoms with Crippen molar-refractivity contribution in [3.63, 3.8) is 0 Å². The van der Waals surface area contributed by atoms with Crippen molar-refractivity contribution >= 4 is 39.1 Å². The van der Waals surface area contributed by atoms with Gasteiger partial charge < -0.3 is 4.90 Å². The molecule has 4 rings (SSSR count). The Morgan fingerprint density at radius 2 is 1.38 bits per heavy atom. The standard InChI is InChI=1S/C26H26Cl2N2O3S/c27-23-11-12-24(28)25(17-23)34(32,33)30-15-13-22(14-16-30)26(31)29(18-20-7-3-1-4-8-20)19-21-9-5-2-6-10-21/h1-12,17,22H,13-16,18-19H2. The fourth-order valence-corrected chi connectivity index (χ4v) is 6.44. The van der Waals surface area contributed by atoms with Crippen LogP contribution in [0.3, 0.4) is 0 Å². The van der Waals surface area contributed by atoms with E-state index in [2.05, 4.69) is 0 Å². The van der Waals surface area contributed by atoms with E-state index in [9.17, 15) is 13.2 Å². The summed E-state index contributed by atoms with van der Waals surface area (Å²) < 4.78 is 27.7. The van der Waals surface area contributed by atoms with Crippen LogP contribution in [-0.4, -0.2) is 36.6 Å². The van der Waals surface area contributed by atoms with E-state index in [4.69, 9.17) is 23.2 Å². The summed E-state index contributed by atoms with van der Waals surface area (Å²) in [5, 5.41) is 0.449. The first-order valence-corrected chi connectivity index (χ1v) is 13.4. The van der Waals surface area contributed by atoms with Crippen molar-refractivity contribution in [3.8, 4) is 0 Å². The molecule has 1 aliphatic heterocycles. The smallest absolute Gasteiger partial charge is 0.244 e. The normalized spacial score (nSPS) is 15.2. The van der Waals surface area contributed by atoms with Crippen LogP contribution in [0.2, 0.25) is 10.0 Å². The number of carbonyl (C=O) groups excluding carboxylic acids is 1. The fraction of sp³-hybridized carbons (Fsp3) is 0.269. The van der Waals surface area contributed by atoms with Crippen molar-refractivity contribution in [2.24, 2.45) is 5.92 Å². The molecule has 1 amide bonds. The zero-order valence-corrected chi connectivity index (χ0v) is 20.9. The van der Waals surface area contributed by atoms with E-state index >= 15 is 0 Å². The summed E-state index contributed by atoms with van der Waals surface area (Å²) in [6, 6.07) is 24.2. The summed E-state index contributed by atoms with van der Waals surface area (Å²) in [4.78, 5) is 15.4. The Morgan fingerprint density at radius 3 is 1.91 bits per heavy atom. The van der Waals surface area contributed by atoms with Gasteiger partial charge in [-0.2, -0.15) is 4.31 Å². The Morgan fingerprint density at radius 1 is 0.853 bits per heavy atom. The van der Waals surface area contributed by atoms with Gasteiger partial charge in [0, 0.05) is 37.1 Å². The van der Waals surface area contributed by atoms with Gasteiger partial charge >= 0.3 is 0 Å². The number of rotatable bonds is 7. The molecule has 0 aromatic heterocycles. The highest BCUT2D eigenvalue weighted by Crippen LogP contribution is 2.31. The third-order valence-electron chi connectivity index (χ3n) is 6.06. The third-order valence-corrected chi connectivity index (χ3v) is 8.67. The number of piperidine rings is 1. The fourth-order valence-electron chi connectivity index (χ4n) is 4.23. The molecule has 0 atom stereocenters. The molecule has 0 spiro atoms. The zero-order chi connectivity index (χ0) is 24.1. The predicted octanol–water partition coefficient (Wildman–Crippen LogP) is 5.62. The Bertz CT molecular complexity index is 1190. The Kier molecular flexibility index (Phi) is 7.94. The highest BCUT2D eigenvalue weighted by Gasteiger charge is 2.35. The topological polar surface area (TPSA) is 57.7 Å². The molecule has 1 heterocycles. The molecule has 3 aromatic rings. The number of nitrogens with zero attached hydrogens (tertiary/aromatic N) is 2. The van der Waals surface area contributed by atoms with Crippen molar-refractivity contribution in [2.45, 2.75) is 30.8 Å². The number of amides is 1. The molecular formula is C26H26Cl2N2O3S. The van der Waals surface area contributed by atoms with E-state index in [1.165, 1.54) is 16.4 Å². The summed E-state index contributed by atoms with van der Waals surface area (Å²) in [5.41, 5.74) is 2.12. The minimum Gasteiger partial charge on any atom is -0.334 e. The second kappa shape index (κ2) is 10.9. The number of sulfonamides is 1. The second-order valence-electron chi connectivity index (χ2n) is 8.42. The van der Waals surface area contributed by atoms with E-state index in [0.29, 0.717) is 31.0 Å². The molecule has 8 heteroatoms. The van der Waals surface area contributed by atoms with Crippen molar-refractivity contribution < 1.29 is 13.2 Å². The van der Waals surface area contributed by atoms with Crippen LogP contribution in [0.1, 0.15) is 24.0 Å².